The Kier molecular flexibility index (Phi) is 6.46. The maximum absolute atomic E-state index is 12.7. The molecule has 1 aromatic rings. The molecule has 158 valence electrons. The summed E-state index contributed by atoms with van der Waals surface area (Å²) in [6.07, 6.45) is -3.69. The molecule has 1 heterocycles. The molecule has 1 N–H and O–H groups in total. The monoisotopic (exact) mass is 432 g/mol. The molecule has 2 rings (SSSR count). The molecule has 10 nitrogen and oxygen atoms in total. The number of alkyl halides is 3. The van der Waals surface area contributed by atoms with Crippen molar-refractivity contribution >= 4 is 16.1 Å². The third kappa shape index (κ3) is 4.51. The summed E-state index contributed by atoms with van der Waals surface area (Å²) in [6, 6.07) is 2.17. The predicted octanol–water partition coefficient (Wildman–Crippen LogP) is 0.919. The zero-order chi connectivity index (χ0) is 21.1. The number of ether oxygens (including phenoxy) is 5. The summed E-state index contributed by atoms with van der Waals surface area (Å²) in [4.78, 5) is 11.6. The van der Waals surface area contributed by atoms with Crippen LogP contribution >= 0.6 is 0 Å². The van der Waals surface area contributed by atoms with E-state index in [-0.39, 0.29) is 12.4 Å². The molecule has 2 atom stereocenters. The van der Waals surface area contributed by atoms with Crippen LogP contribution < -0.4 is 18.4 Å². The minimum absolute atomic E-state index is 0.0667. The second-order valence-corrected chi connectivity index (χ2v) is 6.59. The molecule has 0 saturated carbocycles. The number of hydrogen-bond acceptors (Lipinski definition) is 10. The van der Waals surface area contributed by atoms with Crippen molar-refractivity contribution in [3.8, 4) is 23.0 Å². The van der Waals surface area contributed by atoms with Gasteiger partial charge in [-0.3, -0.25) is 0 Å². The summed E-state index contributed by atoms with van der Waals surface area (Å²) in [5, 5.41) is 9.87. The molecule has 28 heavy (non-hydrogen) atoms. The number of aliphatic hydroxyl groups is 1. The topological polar surface area (TPSA) is 127 Å². The number of methoxy groups -OCH3 is 1. The summed E-state index contributed by atoms with van der Waals surface area (Å²) < 4.78 is 89.4. The molecule has 0 aliphatic carbocycles. The van der Waals surface area contributed by atoms with Crippen molar-refractivity contribution in [1.29, 1.82) is 0 Å². The van der Waals surface area contributed by atoms with E-state index >= 15 is 0 Å². The van der Waals surface area contributed by atoms with Crippen molar-refractivity contribution in [1.82, 2.24) is 0 Å². The van der Waals surface area contributed by atoms with Crippen LogP contribution in [-0.2, 0) is 24.4 Å². The molecule has 0 fully saturated rings. The van der Waals surface area contributed by atoms with Gasteiger partial charge in [0.25, 0.3) is 6.29 Å². The van der Waals surface area contributed by atoms with E-state index in [0.717, 1.165) is 12.1 Å². The Bertz CT molecular complexity index is 823. The smallest absolute Gasteiger partial charge is 0.464 e. The van der Waals surface area contributed by atoms with Gasteiger partial charge >= 0.3 is 21.6 Å². The number of hydrogen-bond donors (Lipinski definition) is 1. The van der Waals surface area contributed by atoms with Gasteiger partial charge in [0.2, 0.25) is 17.6 Å². The first-order valence-corrected chi connectivity index (χ1v) is 8.90. The molecule has 2 unspecified atom stereocenters. The lowest BCUT2D eigenvalue weighted by Gasteiger charge is -2.16. The predicted molar refractivity (Wildman–Crippen MR) is 82.2 cm³/mol. The third-order valence-electron chi connectivity index (χ3n) is 3.11. The van der Waals surface area contributed by atoms with E-state index in [4.69, 9.17) is 14.2 Å². The lowest BCUT2D eigenvalue weighted by molar-refractivity contribution is -0.165. The second kappa shape index (κ2) is 8.28. The van der Waals surface area contributed by atoms with Gasteiger partial charge in [-0.05, 0) is 19.1 Å². The fourth-order valence-corrected chi connectivity index (χ4v) is 2.41. The lowest BCUT2D eigenvalue weighted by atomic mass is 10.3. The minimum atomic E-state index is -6.09. The maximum atomic E-state index is 12.7. The molecular formula is C14H15F3O10S. The highest BCUT2D eigenvalue weighted by molar-refractivity contribution is 7.88. The van der Waals surface area contributed by atoms with Crippen LogP contribution in [0.4, 0.5) is 13.2 Å². The van der Waals surface area contributed by atoms with Crippen LogP contribution in [0.25, 0.3) is 0 Å². The highest BCUT2D eigenvalue weighted by Gasteiger charge is 2.50. The zero-order valence-electron chi connectivity index (χ0n) is 14.4. The fourth-order valence-electron chi connectivity index (χ4n) is 1.94. The number of carbonyl (C=O) groups is 1. The summed E-state index contributed by atoms with van der Waals surface area (Å²) in [7, 11) is -4.88. The van der Waals surface area contributed by atoms with E-state index in [2.05, 4.69) is 13.7 Å². The van der Waals surface area contributed by atoms with Gasteiger partial charge in [0.05, 0.1) is 6.61 Å². The van der Waals surface area contributed by atoms with E-state index in [9.17, 15) is 31.5 Å². The lowest BCUT2D eigenvalue weighted by Crippen LogP contribution is -2.40. The van der Waals surface area contributed by atoms with E-state index in [1.165, 1.54) is 14.0 Å². The Morgan fingerprint density at radius 1 is 1.32 bits per heavy atom. The average molecular weight is 432 g/mol. The van der Waals surface area contributed by atoms with Crippen LogP contribution in [0.3, 0.4) is 0 Å². The van der Waals surface area contributed by atoms with E-state index in [1.54, 1.807) is 0 Å². The maximum Gasteiger partial charge on any atom is 0.534 e. The van der Waals surface area contributed by atoms with Crippen molar-refractivity contribution in [2.24, 2.45) is 0 Å². The van der Waals surface area contributed by atoms with Gasteiger partial charge < -0.3 is 33.0 Å². The molecule has 1 aliphatic heterocycles. The Labute approximate surface area is 156 Å². The van der Waals surface area contributed by atoms with Crippen molar-refractivity contribution in [3.63, 3.8) is 0 Å². The van der Waals surface area contributed by atoms with E-state index < -0.39 is 58.0 Å². The molecule has 0 aromatic heterocycles. The Morgan fingerprint density at radius 3 is 2.57 bits per heavy atom. The van der Waals surface area contributed by atoms with Gasteiger partial charge in [-0.1, -0.05) is 0 Å². The van der Waals surface area contributed by atoms with Crippen LogP contribution in [0.2, 0.25) is 0 Å². The van der Waals surface area contributed by atoms with Crippen LogP contribution in [-0.4, -0.2) is 57.9 Å². The largest absolute Gasteiger partial charge is 0.534 e. The van der Waals surface area contributed by atoms with Crippen LogP contribution in [0.1, 0.15) is 6.92 Å². The SMILES string of the molecule is CCOC(=O)C(O)C1Oc2ccc(OCOC)c(OS(=O)(=O)C(F)(F)F)c2O1. The summed E-state index contributed by atoms with van der Waals surface area (Å²) in [5.41, 5.74) is -5.74. The van der Waals surface area contributed by atoms with Crippen LogP contribution in [0, 0.1) is 0 Å². The molecule has 0 bridgehead atoms. The van der Waals surface area contributed by atoms with E-state index in [0.29, 0.717) is 0 Å². The normalized spacial score (nSPS) is 17.1. The standard InChI is InChI=1S/C14H15F3O10S/c1-3-23-12(19)9(18)13-25-8-5-4-7(24-6-22-2)11(10(8)26-13)27-28(20,21)14(15,16)17/h4-5,9,13,18H,3,6H2,1-2H3. The number of fused-ring (bicyclic) bond motifs is 1. The Hall–Kier alpha value is -2.45. The summed E-state index contributed by atoms with van der Waals surface area (Å²) in [6.45, 7) is 0.947. The molecule has 0 saturated heterocycles. The summed E-state index contributed by atoms with van der Waals surface area (Å²) in [5.74, 6) is -3.53. The number of benzene rings is 1. The molecule has 1 aliphatic rings. The number of esters is 1. The van der Waals surface area contributed by atoms with Crippen molar-refractivity contribution in [2.75, 3.05) is 20.5 Å². The fraction of sp³-hybridized carbons (Fsp3) is 0.500. The van der Waals surface area contributed by atoms with Gasteiger partial charge in [0, 0.05) is 7.11 Å². The molecular weight excluding hydrogens is 417 g/mol. The molecule has 14 heteroatoms. The second-order valence-electron chi connectivity index (χ2n) is 5.06. The summed E-state index contributed by atoms with van der Waals surface area (Å²) >= 11 is 0. The van der Waals surface area contributed by atoms with Crippen LogP contribution in [0.15, 0.2) is 12.1 Å². The Balaban J connectivity index is 2.40. The number of carbonyl (C=O) groups excluding carboxylic acids is 1. The van der Waals surface area contributed by atoms with Crippen molar-refractivity contribution in [2.45, 2.75) is 24.8 Å². The first-order chi connectivity index (χ1) is 13.0. The van der Waals surface area contributed by atoms with E-state index in [1.807, 2.05) is 0 Å². The first-order valence-electron chi connectivity index (χ1n) is 7.49. The van der Waals surface area contributed by atoms with Gasteiger partial charge in [-0.2, -0.15) is 21.6 Å². The highest BCUT2D eigenvalue weighted by atomic mass is 32.2. The molecule has 0 spiro atoms. The number of halogens is 3. The van der Waals surface area contributed by atoms with Crippen molar-refractivity contribution in [3.05, 3.63) is 12.1 Å². The van der Waals surface area contributed by atoms with Crippen LogP contribution in [0.5, 0.6) is 23.0 Å². The highest BCUT2D eigenvalue weighted by Crippen LogP contribution is 2.50. The van der Waals surface area contributed by atoms with Gasteiger partial charge in [-0.25, -0.2) is 4.79 Å². The van der Waals surface area contributed by atoms with Gasteiger partial charge in [0.1, 0.15) is 0 Å². The third-order valence-corrected chi connectivity index (χ3v) is 4.06. The zero-order valence-corrected chi connectivity index (χ0v) is 15.2. The van der Waals surface area contributed by atoms with Gasteiger partial charge in [-0.15, -0.1) is 0 Å². The van der Waals surface area contributed by atoms with Gasteiger partial charge in [0.15, 0.2) is 18.3 Å². The van der Waals surface area contributed by atoms with Crippen molar-refractivity contribution < 1.29 is 59.4 Å². The average Bonchev–Trinajstić information content (AvgIpc) is 3.04. The number of aliphatic hydroxyl groups excluding tert-OH is 1. The number of rotatable bonds is 8. The molecule has 0 amide bonds. The first kappa shape index (κ1) is 21.8. The minimum Gasteiger partial charge on any atom is -0.464 e. The Morgan fingerprint density at radius 2 is 2.00 bits per heavy atom. The molecule has 1 aromatic carbocycles. The molecule has 0 radical (unpaired) electrons. The quantitative estimate of drug-likeness (QED) is 0.274.